The van der Waals surface area contributed by atoms with E-state index in [1.807, 2.05) is 71.6 Å². The standard InChI is InChI=1S/C27H25ClN4O2/c28-21-13-11-20(12-14-21)19-30-15-6-16-31(18-17-30)27(34)25-23-9-4-5-10-24(23)26(33)32(29-25)22-7-2-1-3-8-22/h1-5,7-14H,6,15-19H2. The molecule has 1 saturated heterocycles. The van der Waals surface area contributed by atoms with Crippen molar-refractivity contribution in [2.24, 2.45) is 0 Å². The molecule has 1 amide bonds. The highest BCUT2D eigenvalue weighted by Gasteiger charge is 2.25. The van der Waals surface area contributed by atoms with Crippen molar-refractivity contribution in [2.45, 2.75) is 13.0 Å². The van der Waals surface area contributed by atoms with Crippen molar-refractivity contribution in [1.82, 2.24) is 19.6 Å². The number of halogens is 1. The fourth-order valence-electron chi connectivity index (χ4n) is 4.42. The molecule has 0 bridgehead atoms. The lowest BCUT2D eigenvalue weighted by molar-refractivity contribution is 0.0755. The number of aromatic nitrogens is 2. The van der Waals surface area contributed by atoms with Crippen LogP contribution in [-0.4, -0.2) is 51.7 Å². The summed E-state index contributed by atoms with van der Waals surface area (Å²) in [5.74, 6) is -0.144. The van der Waals surface area contributed by atoms with Crippen molar-refractivity contribution in [1.29, 1.82) is 0 Å². The Bertz CT molecular complexity index is 1370. The maximum atomic E-state index is 13.7. The number of amides is 1. The Kier molecular flexibility index (Phi) is 6.43. The number of fused-ring (bicyclic) bond motifs is 1. The predicted molar refractivity (Wildman–Crippen MR) is 135 cm³/mol. The molecule has 1 aliphatic heterocycles. The van der Waals surface area contributed by atoms with Crippen LogP contribution in [0, 0.1) is 0 Å². The van der Waals surface area contributed by atoms with Gasteiger partial charge in [0, 0.05) is 43.1 Å². The highest BCUT2D eigenvalue weighted by atomic mass is 35.5. The first-order valence-corrected chi connectivity index (χ1v) is 11.8. The van der Waals surface area contributed by atoms with Crippen molar-refractivity contribution >= 4 is 28.3 Å². The van der Waals surface area contributed by atoms with Crippen molar-refractivity contribution < 1.29 is 4.79 Å². The van der Waals surface area contributed by atoms with Crippen LogP contribution >= 0.6 is 11.6 Å². The molecule has 0 aliphatic carbocycles. The molecule has 1 aromatic heterocycles. The van der Waals surface area contributed by atoms with E-state index in [0.717, 1.165) is 31.1 Å². The maximum absolute atomic E-state index is 13.7. The number of carbonyl (C=O) groups is 1. The number of hydrogen-bond acceptors (Lipinski definition) is 4. The quantitative estimate of drug-likeness (QED) is 0.442. The Morgan fingerprint density at radius 3 is 2.29 bits per heavy atom. The minimum atomic E-state index is -0.233. The van der Waals surface area contributed by atoms with Gasteiger partial charge in [-0.15, -0.1) is 0 Å². The third kappa shape index (κ3) is 4.60. The lowest BCUT2D eigenvalue weighted by atomic mass is 10.1. The fraction of sp³-hybridized carbons (Fsp3) is 0.222. The SMILES string of the molecule is O=C(c1nn(-c2ccccc2)c(=O)c2ccccc12)N1CCCN(Cc2ccc(Cl)cc2)CC1. The number of nitrogens with zero attached hydrogens (tertiary/aromatic N) is 4. The Morgan fingerprint density at radius 1 is 0.824 bits per heavy atom. The molecule has 3 aromatic carbocycles. The van der Waals surface area contributed by atoms with Crippen LogP contribution in [-0.2, 0) is 6.54 Å². The second-order valence-electron chi connectivity index (χ2n) is 8.50. The Hall–Kier alpha value is -3.48. The summed E-state index contributed by atoms with van der Waals surface area (Å²) < 4.78 is 1.33. The molecule has 1 fully saturated rings. The van der Waals surface area contributed by atoms with E-state index in [9.17, 15) is 9.59 Å². The molecule has 1 aliphatic rings. The third-order valence-electron chi connectivity index (χ3n) is 6.20. The van der Waals surface area contributed by atoms with E-state index in [-0.39, 0.29) is 11.5 Å². The summed E-state index contributed by atoms with van der Waals surface area (Å²) in [6, 6.07) is 24.3. The molecule has 0 N–H and O–H groups in total. The minimum absolute atomic E-state index is 0.144. The van der Waals surface area contributed by atoms with E-state index >= 15 is 0 Å². The molecule has 172 valence electrons. The zero-order valence-corrected chi connectivity index (χ0v) is 19.5. The van der Waals surface area contributed by atoms with E-state index in [1.54, 1.807) is 12.1 Å². The highest BCUT2D eigenvalue weighted by Crippen LogP contribution is 2.19. The zero-order chi connectivity index (χ0) is 23.5. The first kappa shape index (κ1) is 22.3. The van der Waals surface area contributed by atoms with Gasteiger partial charge >= 0.3 is 0 Å². The number of carbonyl (C=O) groups excluding carboxylic acids is 1. The van der Waals surface area contributed by atoms with Crippen LogP contribution in [0.4, 0.5) is 0 Å². The van der Waals surface area contributed by atoms with Gasteiger partial charge in [0.05, 0.1) is 11.1 Å². The number of benzene rings is 3. The number of para-hydroxylation sites is 1. The van der Waals surface area contributed by atoms with Gasteiger partial charge in [0.25, 0.3) is 11.5 Å². The molecular formula is C27H25ClN4O2. The maximum Gasteiger partial charge on any atom is 0.279 e. The Labute approximate surface area is 203 Å². The second-order valence-corrected chi connectivity index (χ2v) is 8.93. The minimum Gasteiger partial charge on any atom is -0.336 e. The van der Waals surface area contributed by atoms with E-state index in [4.69, 9.17) is 11.6 Å². The summed E-state index contributed by atoms with van der Waals surface area (Å²) in [6.07, 6.45) is 0.871. The summed E-state index contributed by atoms with van der Waals surface area (Å²) in [7, 11) is 0. The van der Waals surface area contributed by atoms with Gasteiger partial charge in [-0.3, -0.25) is 14.5 Å². The molecule has 0 atom stereocenters. The zero-order valence-electron chi connectivity index (χ0n) is 18.7. The van der Waals surface area contributed by atoms with Crippen LogP contribution in [0.3, 0.4) is 0 Å². The summed E-state index contributed by atoms with van der Waals surface area (Å²) in [6.45, 7) is 3.75. The molecule has 4 aromatic rings. The van der Waals surface area contributed by atoms with Gasteiger partial charge in [0.15, 0.2) is 5.69 Å². The van der Waals surface area contributed by atoms with Gasteiger partial charge in [-0.2, -0.15) is 9.78 Å². The van der Waals surface area contributed by atoms with Gasteiger partial charge in [0.1, 0.15) is 0 Å². The van der Waals surface area contributed by atoms with Crippen LogP contribution in [0.25, 0.3) is 16.5 Å². The third-order valence-corrected chi connectivity index (χ3v) is 6.46. The summed E-state index contributed by atoms with van der Waals surface area (Å²) in [5.41, 5.74) is 1.91. The topological polar surface area (TPSA) is 58.4 Å². The summed E-state index contributed by atoms with van der Waals surface area (Å²) >= 11 is 6.01. The van der Waals surface area contributed by atoms with Gasteiger partial charge in [-0.05, 0) is 42.3 Å². The van der Waals surface area contributed by atoms with Gasteiger partial charge < -0.3 is 4.90 Å². The molecule has 0 radical (unpaired) electrons. The average Bonchev–Trinajstić information content (AvgIpc) is 3.11. The smallest absolute Gasteiger partial charge is 0.279 e. The molecular weight excluding hydrogens is 448 g/mol. The summed E-state index contributed by atoms with van der Waals surface area (Å²) in [5, 5.41) is 6.37. The highest BCUT2D eigenvalue weighted by molar-refractivity contribution is 6.30. The molecule has 5 rings (SSSR count). The first-order chi connectivity index (χ1) is 16.6. The molecule has 0 saturated carbocycles. The molecule has 34 heavy (non-hydrogen) atoms. The van der Waals surface area contributed by atoms with Crippen molar-refractivity contribution in [3.8, 4) is 5.69 Å². The van der Waals surface area contributed by atoms with Crippen molar-refractivity contribution in [3.05, 3.63) is 105 Å². The molecule has 7 heteroatoms. The number of hydrogen-bond donors (Lipinski definition) is 0. The van der Waals surface area contributed by atoms with Crippen molar-refractivity contribution in [2.75, 3.05) is 26.2 Å². The van der Waals surface area contributed by atoms with Gasteiger partial charge in [0.2, 0.25) is 0 Å². The van der Waals surface area contributed by atoms with Crippen LogP contribution in [0.2, 0.25) is 5.02 Å². The van der Waals surface area contributed by atoms with E-state index < -0.39 is 0 Å². The Morgan fingerprint density at radius 2 is 1.53 bits per heavy atom. The van der Waals surface area contributed by atoms with Gasteiger partial charge in [-0.1, -0.05) is 60.1 Å². The Balaban J connectivity index is 1.42. The molecule has 0 unspecified atom stereocenters. The molecule has 0 spiro atoms. The largest absolute Gasteiger partial charge is 0.336 e. The first-order valence-electron chi connectivity index (χ1n) is 11.4. The van der Waals surface area contributed by atoms with Crippen LogP contribution in [0.15, 0.2) is 83.7 Å². The monoisotopic (exact) mass is 472 g/mol. The fourth-order valence-corrected chi connectivity index (χ4v) is 4.55. The van der Waals surface area contributed by atoms with Crippen LogP contribution in [0.1, 0.15) is 22.5 Å². The molecule has 2 heterocycles. The summed E-state index contributed by atoms with van der Waals surface area (Å²) in [4.78, 5) is 31.0. The van der Waals surface area contributed by atoms with E-state index in [2.05, 4.69) is 10.00 Å². The van der Waals surface area contributed by atoms with Crippen LogP contribution < -0.4 is 5.56 Å². The van der Waals surface area contributed by atoms with Gasteiger partial charge in [-0.25, -0.2) is 0 Å². The number of rotatable bonds is 4. The second kappa shape index (κ2) is 9.79. The predicted octanol–water partition coefficient (Wildman–Crippen LogP) is 4.39. The van der Waals surface area contributed by atoms with E-state index in [0.29, 0.717) is 35.2 Å². The average molecular weight is 473 g/mol. The lowest BCUT2D eigenvalue weighted by Crippen LogP contribution is -2.37. The lowest BCUT2D eigenvalue weighted by Gasteiger charge is -2.22. The normalized spacial score (nSPS) is 14.8. The molecule has 6 nitrogen and oxygen atoms in total. The van der Waals surface area contributed by atoms with Crippen LogP contribution in [0.5, 0.6) is 0 Å². The van der Waals surface area contributed by atoms with Crippen molar-refractivity contribution in [3.63, 3.8) is 0 Å². The van der Waals surface area contributed by atoms with E-state index in [1.165, 1.54) is 10.2 Å².